The Bertz CT molecular complexity index is 658. The van der Waals surface area contributed by atoms with Crippen molar-refractivity contribution in [2.75, 3.05) is 25.6 Å². The summed E-state index contributed by atoms with van der Waals surface area (Å²) < 4.78 is 10.8. The molecule has 2 aromatic rings. The second-order valence-corrected chi connectivity index (χ2v) is 5.11. The zero-order valence-corrected chi connectivity index (χ0v) is 13.3. The van der Waals surface area contributed by atoms with E-state index in [0.717, 1.165) is 17.2 Å². The van der Waals surface area contributed by atoms with Crippen LogP contribution in [0.25, 0.3) is 0 Å². The Morgan fingerprint density at radius 1 is 1.18 bits per heavy atom. The Morgan fingerprint density at radius 2 is 1.95 bits per heavy atom. The summed E-state index contributed by atoms with van der Waals surface area (Å²) in [5.74, 6) is 1.47. The topological polar surface area (TPSA) is 47.6 Å². The molecule has 5 heteroatoms. The van der Waals surface area contributed by atoms with Crippen LogP contribution in [0.3, 0.4) is 0 Å². The van der Waals surface area contributed by atoms with E-state index in [1.807, 2.05) is 30.3 Å². The van der Waals surface area contributed by atoms with Crippen molar-refractivity contribution in [2.24, 2.45) is 0 Å². The highest BCUT2D eigenvalue weighted by Crippen LogP contribution is 2.21. The number of ketones is 1. The number of hydrogen-bond donors (Lipinski definition) is 1. The Balaban J connectivity index is 1.83. The molecule has 0 aromatic heterocycles. The number of rotatable bonds is 7. The van der Waals surface area contributed by atoms with E-state index in [9.17, 15) is 4.79 Å². The normalized spacial score (nSPS) is 10.1. The van der Waals surface area contributed by atoms with Gasteiger partial charge in [0.25, 0.3) is 0 Å². The van der Waals surface area contributed by atoms with Crippen molar-refractivity contribution < 1.29 is 14.3 Å². The number of benzene rings is 2. The Morgan fingerprint density at radius 3 is 2.64 bits per heavy atom. The van der Waals surface area contributed by atoms with E-state index in [1.54, 1.807) is 19.2 Å². The first kappa shape index (κ1) is 16.2. The van der Waals surface area contributed by atoms with Gasteiger partial charge < -0.3 is 14.8 Å². The molecule has 0 saturated heterocycles. The van der Waals surface area contributed by atoms with Crippen LogP contribution >= 0.6 is 11.6 Å². The van der Waals surface area contributed by atoms with Crippen LogP contribution in [0, 0.1) is 0 Å². The third-order valence-electron chi connectivity index (χ3n) is 3.09. The second kappa shape index (κ2) is 7.71. The molecule has 2 rings (SSSR count). The number of methoxy groups -OCH3 is 1. The summed E-state index contributed by atoms with van der Waals surface area (Å²) in [4.78, 5) is 11.3. The van der Waals surface area contributed by atoms with Gasteiger partial charge in [0.2, 0.25) is 0 Å². The maximum atomic E-state index is 11.3. The second-order valence-electron chi connectivity index (χ2n) is 4.71. The molecule has 0 atom stereocenters. The largest absolute Gasteiger partial charge is 0.497 e. The van der Waals surface area contributed by atoms with Crippen LogP contribution in [0.1, 0.15) is 17.3 Å². The van der Waals surface area contributed by atoms with Crippen molar-refractivity contribution in [3.8, 4) is 11.5 Å². The maximum absolute atomic E-state index is 11.3. The van der Waals surface area contributed by atoms with Crippen molar-refractivity contribution in [2.45, 2.75) is 6.92 Å². The number of Topliss-reactive ketones (excluding diaryl/α,β-unsaturated/α-hetero) is 1. The Labute approximate surface area is 135 Å². The van der Waals surface area contributed by atoms with Gasteiger partial charge in [0.1, 0.15) is 18.1 Å². The molecule has 116 valence electrons. The van der Waals surface area contributed by atoms with E-state index >= 15 is 0 Å². The molecule has 0 aliphatic rings. The van der Waals surface area contributed by atoms with Crippen molar-refractivity contribution >= 4 is 23.1 Å². The van der Waals surface area contributed by atoms with Crippen LogP contribution in [-0.2, 0) is 0 Å². The molecule has 0 aliphatic heterocycles. The van der Waals surface area contributed by atoms with Gasteiger partial charge in [-0.05, 0) is 37.3 Å². The van der Waals surface area contributed by atoms with E-state index in [1.165, 1.54) is 6.92 Å². The van der Waals surface area contributed by atoms with Crippen LogP contribution in [0.15, 0.2) is 42.5 Å². The fourth-order valence-electron chi connectivity index (χ4n) is 1.97. The smallest absolute Gasteiger partial charge is 0.161 e. The molecule has 22 heavy (non-hydrogen) atoms. The maximum Gasteiger partial charge on any atom is 0.161 e. The minimum absolute atomic E-state index is 0.0436. The van der Waals surface area contributed by atoms with E-state index < -0.39 is 0 Å². The standard InChI is InChI=1S/C17H18ClNO3/c1-12(20)16-7-6-13(10-17(16)18)19-8-9-22-15-5-3-4-14(11-15)21-2/h3-7,10-11,19H,8-9H2,1-2H3. The van der Waals surface area contributed by atoms with Gasteiger partial charge in [-0.3, -0.25) is 4.79 Å². The average Bonchev–Trinajstić information content (AvgIpc) is 2.51. The lowest BCUT2D eigenvalue weighted by Gasteiger charge is -2.10. The highest BCUT2D eigenvalue weighted by molar-refractivity contribution is 6.34. The lowest BCUT2D eigenvalue weighted by Crippen LogP contribution is -2.11. The molecular formula is C17H18ClNO3. The van der Waals surface area contributed by atoms with Crippen LogP contribution < -0.4 is 14.8 Å². The van der Waals surface area contributed by atoms with Crippen molar-refractivity contribution in [3.05, 3.63) is 53.1 Å². The third-order valence-corrected chi connectivity index (χ3v) is 3.40. The summed E-state index contributed by atoms with van der Waals surface area (Å²) >= 11 is 6.06. The fraction of sp³-hybridized carbons (Fsp3) is 0.235. The highest BCUT2D eigenvalue weighted by Gasteiger charge is 2.05. The zero-order chi connectivity index (χ0) is 15.9. The van der Waals surface area contributed by atoms with Crippen LogP contribution in [0.2, 0.25) is 5.02 Å². The monoisotopic (exact) mass is 319 g/mol. The SMILES string of the molecule is COc1cccc(OCCNc2ccc(C(C)=O)c(Cl)c2)c1. The third kappa shape index (κ3) is 4.40. The number of ether oxygens (including phenoxy) is 2. The molecule has 4 nitrogen and oxygen atoms in total. The number of anilines is 1. The lowest BCUT2D eigenvalue weighted by molar-refractivity contribution is 0.101. The van der Waals surface area contributed by atoms with Gasteiger partial charge in [-0.1, -0.05) is 17.7 Å². The molecule has 2 aromatic carbocycles. The molecule has 0 amide bonds. The molecule has 0 heterocycles. The molecule has 0 bridgehead atoms. The predicted molar refractivity (Wildman–Crippen MR) is 88.4 cm³/mol. The fourth-order valence-corrected chi connectivity index (χ4v) is 2.28. The quantitative estimate of drug-likeness (QED) is 0.618. The van der Waals surface area contributed by atoms with Gasteiger partial charge in [-0.15, -0.1) is 0 Å². The predicted octanol–water partition coefficient (Wildman–Crippen LogP) is 4.04. The number of halogens is 1. The van der Waals surface area contributed by atoms with Crippen molar-refractivity contribution in [1.29, 1.82) is 0 Å². The molecule has 0 saturated carbocycles. The van der Waals surface area contributed by atoms with E-state index in [-0.39, 0.29) is 5.78 Å². The Kier molecular flexibility index (Phi) is 5.67. The molecule has 0 spiro atoms. The summed E-state index contributed by atoms with van der Waals surface area (Å²) in [7, 11) is 1.62. The molecule has 0 radical (unpaired) electrons. The average molecular weight is 320 g/mol. The first-order chi connectivity index (χ1) is 10.6. The van der Waals surface area contributed by atoms with Crippen LogP contribution in [0.5, 0.6) is 11.5 Å². The molecule has 1 N–H and O–H groups in total. The zero-order valence-electron chi connectivity index (χ0n) is 12.6. The van der Waals surface area contributed by atoms with Crippen LogP contribution in [0.4, 0.5) is 5.69 Å². The van der Waals surface area contributed by atoms with Crippen molar-refractivity contribution in [1.82, 2.24) is 0 Å². The highest BCUT2D eigenvalue weighted by atomic mass is 35.5. The van der Waals surface area contributed by atoms with Gasteiger partial charge in [-0.2, -0.15) is 0 Å². The molecule has 0 unspecified atom stereocenters. The van der Waals surface area contributed by atoms with Gasteiger partial charge in [0.05, 0.1) is 12.1 Å². The molecule has 0 fully saturated rings. The first-order valence-corrected chi connectivity index (χ1v) is 7.29. The Hall–Kier alpha value is -2.20. The van der Waals surface area contributed by atoms with E-state index in [2.05, 4.69) is 5.32 Å². The van der Waals surface area contributed by atoms with Gasteiger partial charge >= 0.3 is 0 Å². The van der Waals surface area contributed by atoms with Gasteiger partial charge in [0.15, 0.2) is 5.78 Å². The van der Waals surface area contributed by atoms with Crippen LogP contribution in [-0.4, -0.2) is 26.0 Å². The number of carbonyl (C=O) groups excluding carboxylic acids is 1. The van der Waals surface area contributed by atoms with E-state index in [0.29, 0.717) is 23.7 Å². The van der Waals surface area contributed by atoms with E-state index in [4.69, 9.17) is 21.1 Å². The summed E-state index contributed by atoms with van der Waals surface area (Å²) in [6.45, 7) is 2.61. The van der Waals surface area contributed by atoms with Gasteiger partial charge in [0, 0.05) is 23.9 Å². The molecular weight excluding hydrogens is 302 g/mol. The minimum atomic E-state index is -0.0436. The minimum Gasteiger partial charge on any atom is -0.497 e. The van der Waals surface area contributed by atoms with Gasteiger partial charge in [-0.25, -0.2) is 0 Å². The molecule has 0 aliphatic carbocycles. The number of nitrogens with one attached hydrogen (secondary N) is 1. The summed E-state index contributed by atoms with van der Waals surface area (Å²) in [6.07, 6.45) is 0. The first-order valence-electron chi connectivity index (χ1n) is 6.91. The summed E-state index contributed by atoms with van der Waals surface area (Å²) in [5, 5.41) is 3.65. The summed E-state index contributed by atoms with van der Waals surface area (Å²) in [6, 6.07) is 12.7. The number of carbonyl (C=O) groups is 1. The summed E-state index contributed by atoms with van der Waals surface area (Å²) in [5.41, 5.74) is 1.38. The van der Waals surface area contributed by atoms with Crippen molar-refractivity contribution in [3.63, 3.8) is 0 Å². The number of hydrogen-bond acceptors (Lipinski definition) is 4. The lowest BCUT2D eigenvalue weighted by atomic mass is 10.1.